The highest BCUT2D eigenvalue weighted by atomic mass is 79.9. The second kappa shape index (κ2) is 12.7. The van der Waals surface area contributed by atoms with E-state index in [1.54, 1.807) is 68.6 Å². The van der Waals surface area contributed by atoms with Crippen LogP contribution in [0.25, 0.3) is 6.08 Å². The van der Waals surface area contributed by atoms with Gasteiger partial charge in [-0.1, -0.05) is 27.5 Å². The third-order valence-electron chi connectivity index (χ3n) is 5.49. The van der Waals surface area contributed by atoms with Crippen LogP contribution in [0.15, 0.2) is 70.7 Å². The molecule has 0 radical (unpaired) electrons. The Labute approximate surface area is 238 Å². The van der Waals surface area contributed by atoms with Crippen molar-refractivity contribution in [2.45, 2.75) is 6.92 Å². The molecule has 1 fully saturated rings. The second-order valence-electron chi connectivity index (χ2n) is 8.07. The predicted molar refractivity (Wildman–Crippen MR) is 150 cm³/mol. The lowest BCUT2D eigenvalue weighted by molar-refractivity contribution is -0.122. The Hall–Kier alpha value is -4.02. The van der Waals surface area contributed by atoms with Gasteiger partial charge in [0.05, 0.1) is 24.4 Å². The number of halogens is 2. The van der Waals surface area contributed by atoms with Crippen LogP contribution in [0.3, 0.4) is 0 Å². The van der Waals surface area contributed by atoms with Crippen molar-refractivity contribution in [2.75, 3.05) is 31.8 Å². The van der Waals surface area contributed by atoms with E-state index in [2.05, 4.69) is 21.2 Å². The molecule has 0 aliphatic carbocycles. The number of ether oxygens (including phenoxy) is 4. The van der Waals surface area contributed by atoms with E-state index in [0.717, 1.165) is 15.1 Å². The minimum absolute atomic E-state index is 0.178. The summed E-state index contributed by atoms with van der Waals surface area (Å²) in [6.07, 6.45) is 1.35. The molecular formula is C28H24BrClN2O7. The maximum absolute atomic E-state index is 13.2. The van der Waals surface area contributed by atoms with Crippen molar-refractivity contribution in [1.82, 2.24) is 5.32 Å². The van der Waals surface area contributed by atoms with Gasteiger partial charge in [-0.3, -0.25) is 14.9 Å². The zero-order valence-electron chi connectivity index (χ0n) is 21.0. The predicted octanol–water partition coefficient (Wildman–Crippen LogP) is 5.63. The number of hydrogen-bond acceptors (Lipinski definition) is 7. The minimum Gasteiger partial charge on any atom is -0.497 e. The highest BCUT2D eigenvalue weighted by Crippen LogP contribution is 2.37. The molecule has 1 aliphatic heterocycles. The van der Waals surface area contributed by atoms with Crippen molar-refractivity contribution in [2.24, 2.45) is 0 Å². The summed E-state index contributed by atoms with van der Waals surface area (Å²) >= 11 is 9.83. The van der Waals surface area contributed by atoms with Crippen LogP contribution in [-0.2, 0) is 9.59 Å². The zero-order chi connectivity index (χ0) is 27.9. The summed E-state index contributed by atoms with van der Waals surface area (Å²) < 4.78 is 23.1. The monoisotopic (exact) mass is 614 g/mol. The number of nitrogens with zero attached hydrogens (tertiary/aromatic N) is 1. The van der Waals surface area contributed by atoms with Crippen molar-refractivity contribution in [1.29, 1.82) is 0 Å². The summed E-state index contributed by atoms with van der Waals surface area (Å²) in [6, 6.07) is 16.0. The van der Waals surface area contributed by atoms with Crippen molar-refractivity contribution in [3.05, 3.63) is 81.3 Å². The lowest BCUT2D eigenvalue weighted by Gasteiger charge is -2.26. The summed E-state index contributed by atoms with van der Waals surface area (Å²) in [5.74, 6) is 0.418. The third kappa shape index (κ3) is 6.71. The van der Waals surface area contributed by atoms with Crippen LogP contribution in [0.5, 0.6) is 23.0 Å². The summed E-state index contributed by atoms with van der Waals surface area (Å²) in [6.45, 7) is 2.54. The fourth-order valence-corrected chi connectivity index (χ4v) is 4.24. The Morgan fingerprint density at radius 2 is 1.59 bits per heavy atom. The number of benzene rings is 3. The molecule has 0 aromatic heterocycles. The number of rotatable bonds is 10. The number of urea groups is 1. The quantitative estimate of drug-likeness (QED) is 0.179. The van der Waals surface area contributed by atoms with E-state index in [4.69, 9.17) is 30.5 Å². The normalized spacial score (nSPS) is 14.3. The fraction of sp³-hybridized carbons (Fsp3) is 0.179. The summed E-state index contributed by atoms with van der Waals surface area (Å²) in [5.41, 5.74) is 0.485. The average molecular weight is 616 g/mol. The molecule has 1 heterocycles. The first-order valence-corrected chi connectivity index (χ1v) is 13.0. The number of carbonyl (C=O) groups is 3. The number of barbiturate groups is 1. The van der Waals surface area contributed by atoms with Gasteiger partial charge in [0.15, 0.2) is 11.5 Å². The van der Waals surface area contributed by atoms with E-state index in [0.29, 0.717) is 35.1 Å². The Balaban J connectivity index is 1.52. The molecule has 4 amide bonds. The Bertz CT molecular complexity index is 1410. The lowest BCUT2D eigenvalue weighted by Crippen LogP contribution is -2.54. The molecule has 4 rings (SSSR count). The van der Waals surface area contributed by atoms with Gasteiger partial charge in [0.25, 0.3) is 11.8 Å². The average Bonchev–Trinajstić information content (AvgIpc) is 2.91. The standard InChI is InChI=1S/C28H24BrClN2O7/c1-3-37-24-16-17(15-23(30)25(24)39-13-12-38-21-10-8-20(36-2)9-11-21)14-22-26(33)31-28(35)32(27(22)34)19-6-4-18(29)5-7-19/h4-11,14-16H,3,12-13H2,1-2H3,(H,31,33,35)/b22-14+. The maximum Gasteiger partial charge on any atom is 0.335 e. The molecule has 202 valence electrons. The Morgan fingerprint density at radius 1 is 0.923 bits per heavy atom. The van der Waals surface area contributed by atoms with E-state index < -0.39 is 17.8 Å². The molecule has 1 saturated heterocycles. The molecule has 0 bridgehead atoms. The number of methoxy groups -OCH3 is 1. The largest absolute Gasteiger partial charge is 0.497 e. The van der Waals surface area contributed by atoms with Crippen molar-refractivity contribution < 1.29 is 33.3 Å². The summed E-state index contributed by atoms with van der Waals surface area (Å²) in [7, 11) is 1.59. The van der Waals surface area contributed by atoms with Gasteiger partial charge in [0.2, 0.25) is 0 Å². The Morgan fingerprint density at radius 3 is 2.26 bits per heavy atom. The van der Waals surface area contributed by atoms with E-state index in [-0.39, 0.29) is 23.8 Å². The van der Waals surface area contributed by atoms with Gasteiger partial charge >= 0.3 is 6.03 Å². The number of anilines is 1. The van der Waals surface area contributed by atoms with E-state index in [1.165, 1.54) is 12.1 Å². The first-order valence-electron chi connectivity index (χ1n) is 11.8. The number of hydrogen-bond donors (Lipinski definition) is 1. The van der Waals surface area contributed by atoms with Crippen LogP contribution in [0.1, 0.15) is 12.5 Å². The number of imide groups is 2. The zero-order valence-corrected chi connectivity index (χ0v) is 23.4. The molecule has 11 heteroatoms. The van der Waals surface area contributed by atoms with Crippen molar-refractivity contribution in [3.63, 3.8) is 0 Å². The van der Waals surface area contributed by atoms with Crippen molar-refractivity contribution >= 4 is 57.1 Å². The van der Waals surface area contributed by atoms with Gasteiger partial charge in [-0.15, -0.1) is 0 Å². The molecule has 0 saturated carbocycles. The SMILES string of the molecule is CCOc1cc(/C=C2\C(=O)NC(=O)N(c3ccc(Br)cc3)C2=O)cc(Cl)c1OCCOc1ccc(OC)cc1. The molecule has 3 aromatic rings. The number of amides is 4. The van der Waals surface area contributed by atoms with Crippen LogP contribution < -0.4 is 29.2 Å². The lowest BCUT2D eigenvalue weighted by atomic mass is 10.1. The molecular weight excluding hydrogens is 592 g/mol. The van der Waals surface area contributed by atoms with E-state index in [1.807, 2.05) is 0 Å². The van der Waals surface area contributed by atoms with Crippen LogP contribution in [0.4, 0.5) is 10.5 Å². The van der Waals surface area contributed by atoms with Crippen LogP contribution in [0, 0.1) is 0 Å². The second-order valence-corrected chi connectivity index (χ2v) is 9.39. The smallest absolute Gasteiger partial charge is 0.335 e. The molecule has 0 unspecified atom stereocenters. The van der Waals surface area contributed by atoms with E-state index >= 15 is 0 Å². The first-order chi connectivity index (χ1) is 18.8. The highest BCUT2D eigenvalue weighted by molar-refractivity contribution is 9.10. The first kappa shape index (κ1) is 28.0. The molecule has 1 N–H and O–H groups in total. The van der Waals surface area contributed by atoms with Crippen LogP contribution >= 0.6 is 27.5 Å². The number of carbonyl (C=O) groups excluding carboxylic acids is 3. The van der Waals surface area contributed by atoms with Gasteiger partial charge in [-0.2, -0.15) is 0 Å². The highest BCUT2D eigenvalue weighted by Gasteiger charge is 2.36. The number of nitrogens with one attached hydrogen (secondary N) is 1. The van der Waals surface area contributed by atoms with Crippen LogP contribution in [-0.4, -0.2) is 44.8 Å². The molecule has 3 aromatic carbocycles. The maximum atomic E-state index is 13.2. The summed E-state index contributed by atoms with van der Waals surface area (Å²) in [5, 5.41) is 2.41. The minimum atomic E-state index is -0.835. The van der Waals surface area contributed by atoms with Crippen molar-refractivity contribution in [3.8, 4) is 23.0 Å². The summed E-state index contributed by atoms with van der Waals surface area (Å²) in [4.78, 5) is 39.1. The topological polar surface area (TPSA) is 103 Å². The molecule has 0 atom stereocenters. The van der Waals surface area contributed by atoms with Gasteiger partial charge in [0, 0.05) is 4.47 Å². The van der Waals surface area contributed by atoms with Gasteiger partial charge in [-0.05, 0) is 79.2 Å². The van der Waals surface area contributed by atoms with Crippen LogP contribution in [0.2, 0.25) is 5.02 Å². The van der Waals surface area contributed by atoms with Gasteiger partial charge < -0.3 is 18.9 Å². The molecule has 9 nitrogen and oxygen atoms in total. The Kier molecular flexibility index (Phi) is 9.11. The molecule has 1 aliphatic rings. The van der Waals surface area contributed by atoms with E-state index in [9.17, 15) is 14.4 Å². The third-order valence-corrected chi connectivity index (χ3v) is 6.30. The van der Waals surface area contributed by atoms with Gasteiger partial charge in [-0.25, -0.2) is 9.69 Å². The molecule has 39 heavy (non-hydrogen) atoms. The molecule has 0 spiro atoms. The van der Waals surface area contributed by atoms with Gasteiger partial charge in [0.1, 0.15) is 30.3 Å². The fourth-order valence-electron chi connectivity index (χ4n) is 3.70.